The molecule has 0 spiro atoms. The molecule has 134 valence electrons. The first-order chi connectivity index (χ1) is 12.5. The van der Waals surface area contributed by atoms with Crippen LogP contribution in [0, 0.1) is 0 Å². The van der Waals surface area contributed by atoms with Crippen molar-refractivity contribution in [2.24, 2.45) is 0 Å². The second kappa shape index (κ2) is 7.99. The smallest absolute Gasteiger partial charge is 0.237 e. The number of rotatable bonds is 5. The Morgan fingerprint density at radius 1 is 1.19 bits per heavy atom. The lowest BCUT2D eigenvalue weighted by molar-refractivity contribution is -0.115. The van der Waals surface area contributed by atoms with Crippen LogP contribution in [0.1, 0.15) is 6.92 Å². The number of anilines is 1. The van der Waals surface area contributed by atoms with Crippen molar-refractivity contribution in [2.45, 2.75) is 17.3 Å². The van der Waals surface area contributed by atoms with E-state index in [0.717, 1.165) is 5.69 Å². The van der Waals surface area contributed by atoms with E-state index in [0.29, 0.717) is 26.6 Å². The van der Waals surface area contributed by atoms with Gasteiger partial charge in [0.05, 0.1) is 10.3 Å². The van der Waals surface area contributed by atoms with Gasteiger partial charge in [-0.05, 0) is 37.3 Å². The van der Waals surface area contributed by atoms with Crippen LogP contribution >= 0.6 is 35.0 Å². The molecule has 0 aliphatic carbocycles. The minimum absolute atomic E-state index is 0.161. The van der Waals surface area contributed by atoms with Crippen molar-refractivity contribution in [3.8, 4) is 11.4 Å². The first kappa shape index (κ1) is 18.6. The highest BCUT2D eigenvalue weighted by atomic mass is 35.5. The molecule has 1 amide bonds. The molecule has 1 atom stereocenters. The maximum atomic E-state index is 12.3. The quantitative estimate of drug-likeness (QED) is 0.491. The third kappa shape index (κ3) is 4.12. The average Bonchev–Trinajstić information content (AvgIpc) is 2.98. The zero-order valence-electron chi connectivity index (χ0n) is 13.7. The highest BCUT2D eigenvalue weighted by molar-refractivity contribution is 8.00. The zero-order chi connectivity index (χ0) is 18.7. The van der Waals surface area contributed by atoms with E-state index in [4.69, 9.17) is 29.0 Å². The molecule has 9 heteroatoms. The molecular formula is C17H15Cl2N5OS. The number of nitrogen functional groups attached to an aromatic ring is 1. The Morgan fingerprint density at radius 3 is 2.65 bits per heavy atom. The molecule has 0 radical (unpaired) electrons. The van der Waals surface area contributed by atoms with Gasteiger partial charge in [0.2, 0.25) is 11.1 Å². The summed E-state index contributed by atoms with van der Waals surface area (Å²) in [5.41, 5.74) is 1.30. The molecule has 1 heterocycles. The van der Waals surface area contributed by atoms with E-state index in [-0.39, 0.29) is 5.91 Å². The van der Waals surface area contributed by atoms with E-state index in [1.165, 1.54) is 16.4 Å². The third-order valence-corrected chi connectivity index (χ3v) is 5.15. The molecule has 26 heavy (non-hydrogen) atoms. The van der Waals surface area contributed by atoms with Crippen LogP contribution in [0.2, 0.25) is 10.0 Å². The molecule has 0 aliphatic heterocycles. The van der Waals surface area contributed by atoms with Crippen LogP contribution in [0.4, 0.5) is 5.69 Å². The van der Waals surface area contributed by atoms with Gasteiger partial charge in [-0.25, -0.2) is 4.68 Å². The number of halogens is 2. The summed E-state index contributed by atoms with van der Waals surface area (Å²) in [6.07, 6.45) is 0. The molecule has 0 saturated carbocycles. The van der Waals surface area contributed by atoms with Crippen molar-refractivity contribution < 1.29 is 4.79 Å². The maximum absolute atomic E-state index is 12.3. The van der Waals surface area contributed by atoms with E-state index >= 15 is 0 Å². The van der Waals surface area contributed by atoms with Gasteiger partial charge in [0, 0.05) is 16.3 Å². The summed E-state index contributed by atoms with van der Waals surface area (Å²) >= 11 is 13.4. The summed E-state index contributed by atoms with van der Waals surface area (Å²) in [4.78, 5) is 12.3. The van der Waals surface area contributed by atoms with Crippen molar-refractivity contribution in [1.29, 1.82) is 0 Å². The molecule has 0 bridgehead atoms. The zero-order valence-corrected chi connectivity index (χ0v) is 16.0. The fourth-order valence-electron chi connectivity index (χ4n) is 2.19. The second-order valence-corrected chi connectivity index (χ2v) is 7.57. The minimum atomic E-state index is -0.426. The summed E-state index contributed by atoms with van der Waals surface area (Å²) in [7, 11) is 0. The average molecular weight is 408 g/mol. The Labute approximate surface area is 164 Å². The number of nitrogens with zero attached hydrogens (tertiary/aromatic N) is 3. The molecule has 0 saturated heterocycles. The van der Waals surface area contributed by atoms with E-state index in [1.54, 1.807) is 25.1 Å². The lowest BCUT2D eigenvalue weighted by Gasteiger charge is -2.11. The van der Waals surface area contributed by atoms with Crippen LogP contribution in [-0.4, -0.2) is 26.0 Å². The Kier molecular flexibility index (Phi) is 5.70. The van der Waals surface area contributed by atoms with Crippen LogP contribution in [0.25, 0.3) is 11.4 Å². The van der Waals surface area contributed by atoms with Gasteiger partial charge in [-0.15, -0.1) is 10.2 Å². The van der Waals surface area contributed by atoms with E-state index < -0.39 is 5.25 Å². The number of hydrogen-bond acceptors (Lipinski definition) is 5. The standard InChI is InChI=1S/C17H15Cl2N5OS/c1-10(16(25)21-12-5-3-2-4-6-12)26-17-23-22-15(24(17)20)13-9-11(18)7-8-14(13)19/h2-10H,20H2,1H3,(H,21,25)/t10-/m0/s1. The number of para-hydroxylation sites is 1. The Balaban J connectivity index is 1.75. The van der Waals surface area contributed by atoms with Crippen molar-refractivity contribution in [3.05, 3.63) is 58.6 Å². The summed E-state index contributed by atoms with van der Waals surface area (Å²) in [6, 6.07) is 14.2. The Hall–Kier alpha value is -2.22. The maximum Gasteiger partial charge on any atom is 0.237 e. The van der Waals surface area contributed by atoms with Crippen molar-refractivity contribution in [2.75, 3.05) is 11.2 Å². The number of carbonyl (C=O) groups is 1. The number of carbonyl (C=O) groups excluding carboxylic acids is 1. The highest BCUT2D eigenvalue weighted by Crippen LogP contribution is 2.31. The van der Waals surface area contributed by atoms with E-state index in [1.807, 2.05) is 30.3 Å². The first-order valence-corrected chi connectivity index (χ1v) is 9.27. The third-order valence-electron chi connectivity index (χ3n) is 3.53. The molecule has 3 aromatic rings. The van der Waals surface area contributed by atoms with Crippen LogP contribution in [-0.2, 0) is 4.79 Å². The number of benzene rings is 2. The van der Waals surface area contributed by atoms with Gasteiger partial charge in [0.1, 0.15) is 0 Å². The molecule has 3 rings (SSSR count). The van der Waals surface area contributed by atoms with Gasteiger partial charge >= 0.3 is 0 Å². The molecule has 3 N–H and O–H groups in total. The normalized spacial score (nSPS) is 12.0. The molecule has 1 aromatic heterocycles. The first-order valence-electron chi connectivity index (χ1n) is 7.64. The fraction of sp³-hybridized carbons (Fsp3) is 0.118. The molecule has 0 fully saturated rings. The summed E-state index contributed by atoms with van der Waals surface area (Å²) in [6.45, 7) is 1.77. The molecular weight excluding hydrogens is 393 g/mol. The molecule has 0 aliphatic rings. The van der Waals surface area contributed by atoms with E-state index in [2.05, 4.69) is 15.5 Å². The topological polar surface area (TPSA) is 85.8 Å². The summed E-state index contributed by atoms with van der Waals surface area (Å²) in [5, 5.41) is 11.9. The second-order valence-electron chi connectivity index (χ2n) is 5.42. The monoisotopic (exact) mass is 407 g/mol. The van der Waals surface area contributed by atoms with Gasteiger partial charge in [0.25, 0.3) is 0 Å². The highest BCUT2D eigenvalue weighted by Gasteiger charge is 2.21. The van der Waals surface area contributed by atoms with Gasteiger partial charge in [0.15, 0.2) is 5.82 Å². The van der Waals surface area contributed by atoms with Gasteiger partial charge in [-0.3, -0.25) is 4.79 Å². The lowest BCUT2D eigenvalue weighted by Crippen LogP contribution is -2.23. The number of amides is 1. The number of thioether (sulfide) groups is 1. The van der Waals surface area contributed by atoms with Crippen molar-refractivity contribution in [1.82, 2.24) is 14.9 Å². The Morgan fingerprint density at radius 2 is 1.92 bits per heavy atom. The number of aromatic nitrogens is 3. The van der Waals surface area contributed by atoms with Crippen molar-refractivity contribution in [3.63, 3.8) is 0 Å². The number of nitrogens with one attached hydrogen (secondary N) is 1. The lowest BCUT2D eigenvalue weighted by atomic mass is 10.2. The fourth-order valence-corrected chi connectivity index (χ4v) is 3.33. The minimum Gasteiger partial charge on any atom is -0.335 e. The van der Waals surface area contributed by atoms with Crippen LogP contribution in [0.3, 0.4) is 0 Å². The SMILES string of the molecule is C[C@H](Sc1nnc(-c2cc(Cl)ccc2Cl)n1N)C(=O)Nc1ccccc1. The van der Waals surface area contributed by atoms with Crippen LogP contribution < -0.4 is 11.2 Å². The molecule has 0 unspecified atom stereocenters. The van der Waals surface area contributed by atoms with E-state index in [9.17, 15) is 4.79 Å². The van der Waals surface area contributed by atoms with Gasteiger partial charge in [-0.2, -0.15) is 0 Å². The number of nitrogens with two attached hydrogens (primary N) is 1. The van der Waals surface area contributed by atoms with Gasteiger partial charge < -0.3 is 11.2 Å². The van der Waals surface area contributed by atoms with Crippen molar-refractivity contribution >= 4 is 46.6 Å². The van der Waals surface area contributed by atoms with Crippen LogP contribution in [0.15, 0.2) is 53.7 Å². The molecule has 6 nitrogen and oxygen atoms in total. The summed E-state index contributed by atoms with van der Waals surface area (Å²) < 4.78 is 1.30. The Bertz CT molecular complexity index is 932. The predicted molar refractivity (Wildman–Crippen MR) is 106 cm³/mol. The van der Waals surface area contributed by atoms with Crippen LogP contribution in [0.5, 0.6) is 0 Å². The molecule has 2 aromatic carbocycles. The van der Waals surface area contributed by atoms with Gasteiger partial charge in [-0.1, -0.05) is 53.2 Å². The summed E-state index contributed by atoms with van der Waals surface area (Å²) in [5.74, 6) is 6.30. The predicted octanol–water partition coefficient (Wildman–Crippen LogP) is 4.09. The number of hydrogen-bond donors (Lipinski definition) is 2. The largest absolute Gasteiger partial charge is 0.335 e.